The molecule has 0 bridgehead atoms. The van der Waals surface area contributed by atoms with Crippen molar-refractivity contribution in [2.75, 3.05) is 13.2 Å². The second-order valence-electron chi connectivity index (χ2n) is 5.41. The third-order valence-corrected chi connectivity index (χ3v) is 3.79. The molecule has 24 heavy (non-hydrogen) atoms. The van der Waals surface area contributed by atoms with Gasteiger partial charge in [0.1, 0.15) is 24.1 Å². The van der Waals surface area contributed by atoms with Crippen molar-refractivity contribution in [3.05, 3.63) is 29.8 Å². The van der Waals surface area contributed by atoms with Gasteiger partial charge in [0.2, 0.25) is 0 Å². The summed E-state index contributed by atoms with van der Waals surface area (Å²) in [6.07, 6.45) is -5.73. The van der Waals surface area contributed by atoms with Gasteiger partial charge in [-0.1, -0.05) is 17.7 Å². The summed E-state index contributed by atoms with van der Waals surface area (Å²) in [6, 6.07) is 7.15. The van der Waals surface area contributed by atoms with Crippen LogP contribution in [0.15, 0.2) is 24.3 Å². The maximum Gasteiger partial charge on any atom is 0.358 e. The Labute approximate surface area is 145 Å². The number of thiocarbonyl (C=S) groups is 1. The van der Waals surface area contributed by atoms with E-state index in [1.54, 1.807) is 19.1 Å². The van der Waals surface area contributed by atoms with Crippen molar-refractivity contribution in [1.29, 1.82) is 0 Å². The maximum atomic E-state index is 10.3. The van der Waals surface area contributed by atoms with Crippen molar-refractivity contribution < 1.29 is 34.3 Å². The minimum Gasteiger partial charge on any atom is -0.447 e. The van der Waals surface area contributed by atoms with Crippen LogP contribution >= 0.6 is 12.2 Å². The molecule has 1 aliphatic rings. The lowest BCUT2D eigenvalue weighted by Crippen LogP contribution is -2.60. The van der Waals surface area contributed by atoms with Crippen molar-refractivity contribution in [2.24, 2.45) is 0 Å². The number of ether oxygens (including phenoxy) is 4. The molecule has 0 amide bonds. The van der Waals surface area contributed by atoms with Crippen LogP contribution < -0.4 is 4.74 Å². The fourth-order valence-electron chi connectivity index (χ4n) is 2.33. The van der Waals surface area contributed by atoms with E-state index in [9.17, 15) is 15.3 Å². The molecule has 134 valence electrons. The van der Waals surface area contributed by atoms with Gasteiger partial charge in [-0.05, 0) is 26.0 Å². The van der Waals surface area contributed by atoms with Gasteiger partial charge in [-0.2, -0.15) is 0 Å². The summed E-state index contributed by atoms with van der Waals surface area (Å²) in [7, 11) is 0. The summed E-state index contributed by atoms with van der Waals surface area (Å²) in [4.78, 5) is 0. The summed E-state index contributed by atoms with van der Waals surface area (Å²) in [5, 5.41) is 29.5. The van der Waals surface area contributed by atoms with Crippen molar-refractivity contribution >= 4 is 17.5 Å². The van der Waals surface area contributed by atoms with Crippen LogP contribution in [0.4, 0.5) is 0 Å². The van der Waals surface area contributed by atoms with Crippen LogP contribution in [-0.4, -0.2) is 64.5 Å². The molecule has 1 saturated heterocycles. The number of benzene rings is 1. The van der Waals surface area contributed by atoms with Gasteiger partial charge in [0.25, 0.3) is 0 Å². The molecule has 0 spiro atoms. The van der Waals surface area contributed by atoms with Crippen LogP contribution in [0.2, 0.25) is 0 Å². The Morgan fingerprint density at radius 3 is 2.46 bits per heavy atom. The first-order valence-corrected chi connectivity index (χ1v) is 8.06. The van der Waals surface area contributed by atoms with Crippen LogP contribution in [0, 0.1) is 6.92 Å². The highest BCUT2D eigenvalue weighted by Gasteiger charge is 2.47. The lowest BCUT2D eigenvalue weighted by Gasteiger charge is -2.41. The van der Waals surface area contributed by atoms with Crippen LogP contribution in [0.1, 0.15) is 12.5 Å². The molecular formula is C16H22O7S. The van der Waals surface area contributed by atoms with Gasteiger partial charge in [0.05, 0.1) is 6.61 Å². The molecule has 1 fully saturated rings. The quantitative estimate of drug-likeness (QED) is 0.656. The molecule has 2 rings (SSSR count). The van der Waals surface area contributed by atoms with E-state index in [1.165, 1.54) is 0 Å². The normalized spacial score (nSPS) is 30.0. The highest BCUT2D eigenvalue weighted by molar-refractivity contribution is 7.79. The first-order valence-electron chi connectivity index (χ1n) is 7.65. The highest BCUT2D eigenvalue weighted by atomic mass is 32.1. The van der Waals surface area contributed by atoms with Gasteiger partial charge in [-0.25, -0.2) is 0 Å². The van der Waals surface area contributed by atoms with E-state index in [2.05, 4.69) is 0 Å². The average molecular weight is 358 g/mol. The fraction of sp³-hybridized carbons (Fsp3) is 0.562. The van der Waals surface area contributed by atoms with Gasteiger partial charge in [-0.15, -0.1) is 0 Å². The molecule has 0 radical (unpaired) electrons. The maximum absolute atomic E-state index is 10.3. The Bertz CT molecular complexity index is 536. The van der Waals surface area contributed by atoms with Crippen molar-refractivity contribution in [3.63, 3.8) is 0 Å². The Hall–Kier alpha value is -1.29. The Morgan fingerprint density at radius 1 is 1.21 bits per heavy atom. The van der Waals surface area contributed by atoms with Crippen molar-refractivity contribution in [2.45, 2.75) is 44.6 Å². The molecular weight excluding hydrogens is 336 g/mol. The molecule has 0 saturated carbocycles. The second-order valence-corrected chi connectivity index (χ2v) is 5.74. The molecule has 7 nitrogen and oxygen atoms in total. The van der Waals surface area contributed by atoms with Gasteiger partial charge in [-0.3, -0.25) is 0 Å². The predicted octanol–water partition coefficient (Wildman–Crippen LogP) is 0.519. The van der Waals surface area contributed by atoms with E-state index in [0.717, 1.165) is 5.56 Å². The summed E-state index contributed by atoms with van der Waals surface area (Å²) in [5.74, 6) is 0.474. The number of hydrogen-bond donors (Lipinski definition) is 3. The Balaban J connectivity index is 2.03. The number of aliphatic hydroxyl groups is 3. The Kier molecular flexibility index (Phi) is 6.90. The van der Waals surface area contributed by atoms with Gasteiger partial charge < -0.3 is 34.3 Å². The molecule has 1 aromatic carbocycles. The summed E-state index contributed by atoms with van der Waals surface area (Å²) >= 11 is 5.02. The molecule has 1 aliphatic heterocycles. The zero-order chi connectivity index (χ0) is 17.7. The molecule has 5 atom stereocenters. The average Bonchev–Trinajstić information content (AvgIpc) is 2.56. The largest absolute Gasteiger partial charge is 0.447 e. The molecule has 0 aromatic heterocycles. The van der Waals surface area contributed by atoms with E-state index < -0.39 is 37.3 Å². The third-order valence-electron chi connectivity index (χ3n) is 3.61. The molecule has 3 N–H and O–H groups in total. The van der Waals surface area contributed by atoms with E-state index >= 15 is 0 Å². The molecule has 8 heteroatoms. The molecule has 0 aliphatic carbocycles. The number of aryl methyl sites for hydroxylation is 1. The summed E-state index contributed by atoms with van der Waals surface area (Å²) in [6.45, 7) is 3.50. The fourth-order valence-corrected chi connectivity index (χ4v) is 2.54. The third kappa shape index (κ3) is 4.62. The van der Waals surface area contributed by atoms with Gasteiger partial charge in [0, 0.05) is 18.8 Å². The smallest absolute Gasteiger partial charge is 0.358 e. The van der Waals surface area contributed by atoms with Crippen LogP contribution in [0.25, 0.3) is 0 Å². The SMILES string of the molecule is CCO[C@@H]1O[C@H](CO)[C@@H](O)[C@H](OC(=S)Oc2ccc(C)cc2)[C@@H]1O. The molecule has 1 aromatic rings. The first-order chi connectivity index (χ1) is 11.5. The van der Waals surface area contributed by atoms with Crippen molar-refractivity contribution in [3.8, 4) is 5.75 Å². The summed E-state index contributed by atoms with van der Waals surface area (Å²) < 4.78 is 21.3. The zero-order valence-corrected chi connectivity index (χ0v) is 14.3. The Morgan fingerprint density at radius 2 is 1.88 bits per heavy atom. The minimum absolute atomic E-state index is 0.254. The monoisotopic (exact) mass is 358 g/mol. The standard InChI is InChI=1S/C16H22O7S/c1-3-20-15-13(19)14(12(18)11(8-17)22-15)23-16(24)21-10-6-4-9(2)5-7-10/h4-7,11-15,17-19H,3,8H2,1-2H3/t11-,12-,13+,14+,15-/m1/s1. The van der Waals surface area contributed by atoms with E-state index in [-0.39, 0.29) is 11.8 Å². The zero-order valence-electron chi connectivity index (χ0n) is 13.5. The topological polar surface area (TPSA) is 97.6 Å². The minimum atomic E-state index is -1.29. The number of aliphatic hydroxyl groups excluding tert-OH is 3. The first kappa shape index (κ1) is 19.0. The van der Waals surface area contributed by atoms with Crippen molar-refractivity contribution in [1.82, 2.24) is 0 Å². The predicted molar refractivity (Wildman–Crippen MR) is 88.7 cm³/mol. The molecule has 1 heterocycles. The van der Waals surface area contributed by atoms with Crippen LogP contribution in [0.5, 0.6) is 5.75 Å². The summed E-state index contributed by atoms with van der Waals surface area (Å²) in [5.41, 5.74) is 1.06. The highest BCUT2D eigenvalue weighted by Crippen LogP contribution is 2.25. The lowest BCUT2D eigenvalue weighted by molar-refractivity contribution is -0.298. The van der Waals surface area contributed by atoms with E-state index in [4.69, 9.17) is 31.2 Å². The second kappa shape index (κ2) is 8.70. The number of hydrogen-bond acceptors (Lipinski definition) is 8. The van der Waals surface area contributed by atoms with Crippen LogP contribution in [-0.2, 0) is 14.2 Å². The van der Waals surface area contributed by atoms with E-state index in [0.29, 0.717) is 5.75 Å². The van der Waals surface area contributed by atoms with Gasteiger partial charge in [0.15, 0.2) is 12.4 Å². The van der Waals surface area contributed by atoms with Crippen LogP contribution in [0.3, 0.4) is 0 Å². The number of rotatable bonds is 5. The lowest BCUT2D eigenvalue weighted by atomic mass is 9.99. The molecule has 0 unspecified atom stereocenters. The van der Waals surface area contributed by atoms with E-state index in [1.807, 2.05) is 19.1 Å². The van der Waals surface area contributed by atoms with Gasteiger partial charge >= 0.3 is 5.24 Å².